The first-order valence-electron chi connectivity index (χ1n) is 11.3. The number of fused-ring (bicyclic) bond motifs is 3. The Morgan fingerprint density at radius 3 is 2.50 bits per heavy atom. The molecule has 0 radical (unpaired) electrons. The highest BCUT2D eigenvalue weighted by Crippen LogP contribution is 2.44. The highest BCUT2D eigenvalue weighted by Gasteiger charge is 2.45. The van der Waals surface area contributed by atoms with E-state index in [0.29, 0.717) is 24.3 Å². The van der Waals surface area contributed by atoms with Crippen LogP contribution in [0.4, 0.5) is 10.6 Å². The number of hydrogen-bond acceptors (Lipinski definition) is 5. The van der Waals surface area contributed by atoms with Crippen LogP contribution in [0.3, 0.4) is 0 Å². The van der Waals surface area contributed by atoms with E-state index in [1.165, 1.54) is 0 Å². The summed E-state index contributed by atoms with van der Waals surface area (Å²) in [7, 11) is 1.90. The third kappa shape index (κ3) is 3.59. The molecule has 0 spiro atoms. The fourth-order valence-electron chi connectivity index (χ4n) is 5.49. The van der Waals surface area contributed by atoms with Gasteiger partial charge in [0.25, 0.3) is 0 Å². The second-order valence-electron chi connectivity index (χ2n) is 10.2. The van der Waals surface area contributed by atoms with Crippen molar-refractivity contribution >= 4 is 17.4 Å². The Kier molecular flexibility index (Phi) is 4.87. The van der Waals surface area contributed by atoms with Gasteiger partial charge in [0.15, 0.2) is 5.82 Å². The Labute approximate surface area is 187 Å². The molecule has 4 heterocycles. The van der Waals surface area contributed by atoms with Gasteiger partial charge in [-0.05, 0) is 57.4 Å². The summed E-state index contributed by atoms with van der Waals surface area (Å²) in [5.41, 5.74) is 2.42. The Morgan fingerprint density at radius 2 is 1.91 bits per heavy atom. The van der Waals surface area contributed by atoms with Crippen LogP contribution in [0.1, 0.15) is 33.6 Å². The number of amides is 1. The van der Waals surface area contributed by atoms with Crippen LogP contribution in [0.5, 0.6) is 0 Å². The number of aryl methyl sites for hydroxylation is 1. The van der Waals surface area contributed by atoms with E-state index in [1.807, 2.05) is 63.2 Å². The summed E-state index contributed by atoms with van der Waals surface area (Å²) in [5, 5.41) is 18.5. The van der Waals surface area contributed by atoms with Crippen molar-refractivity contribution in [2.75, 3.05) is 24.5 Å². The van der Waals surface area contributed by atoms with Crippen molar-refractivity contribution in [3.8, 4) is 11.3 Å². The first-order valence-corrected chi connectivity index (χ1v) is 11.3. The highest BCUT2D eigenvalue weighted by molar-refractivity contribution is 5.73. The lowest BCUT2D eigenvalue weighted by Crippen LogP contribution is -2.52. The molecule has 2 bridgehead atoms. The number of carbonyl (C=O) groups is 1. The molecule has 9 heteroatoms. The molecule has 1 saturated carbocycles. The van der Waals surface area contributed by atoms with Crippen molar-refractivity contribution in [3.05, 3.63) is 30.9 Å². The van der Waals surface area contributed by atoms with E-state index < -0.39 is 11.6 Å². The van der Waals surface area contributed by atoms with Crippen molar-refractivity contribution in [1.82, 2.24) is 29.3 Å². The zero-order valence-electron chi connectivity index (χ0n) is 19.1. The molecule has 3 atom stereocenters. The van der Waals surface area contributed by atoms with E-state index in [9.17, 15) is 9.90 Å². The Hall–Kier alpha value is -3.10. The molecule has 170 valence electrons. The molecule has 0 aromatic carbocycles. The van der Waals surface area contributed by atoms with Gasteiger partial charge in [-0.1, -0.05) is 0 Å². The van der Waals surface area contributed by atoms with Crippen LogP contribution in [0, 0.1) is 17.8 Å². The van der Waals surface area contributed by atoms with Gasteiger partial charge < -0.3 is 14.9 Å². The number of nitrogens with zero attached hydrogens (tertiary/aromatic N) is 7. The van der Waals surface area contributed by atoms with E-state index >= 15 is 0 Å². The van der Waals surface area contributed by atoms with Gasteiger partial charge in [-0.2, -0.15) is 10.2 Å². The topological polar surface area (TPSA) is 91.8 Å². The van der Waals surface area contributed by atoms with Crippen LogP contribution in [0.2, 0.25) is 0 Å². The molecule has 1 saturated heterocycles. The number of hydrogen-bond donors (Lipinski definition) is 1. The molecule has 2 aliphatic rings. The molecule has 1 aliphatic heterocycles. The van der Waals surface area contributed by atoms with Gasteiger partial charge in [0.2, 0.25) is 0 Å². The van der Waals surface area contributed by atoms with E-state index in [-0.39, 0.29) is 0 Å². The van der Waals surface area contributed by atoms with Gasteiger partial charge in [-0.15, -0.1) is 0 Å². The van der Waals surface area contributed by atoms with Gasteiger partial charge in [0.1, 0.15) is 5.52 Å². The molecule has 5 rings (SSSR count). The van der Waals surface area contributed by atoms with Gasteiger partial charge in [-0.3, -0.25) is 4.68 Å². The average molecular weight is 438 g/mol. The van der Waals surface area contributed by atoms with Crippen LogP contribution in [-0.2, 0) is 7.05 Å². The van der Waals surface area contributed by atoms with E-state index in [0.717, 1.165) is 48.5 Å². The number of piperidine rings is 1. The third-order valence-corrected chi connectivity index (χ3v) is 7.13. The van der Waals surface area contributed by atoms with Crippen molar-refractivity contribution in [2.24, 2.45) is 24.8 Å². The van der Waals surface area contributed by atoms with E-state index in [4.69, 9.17) is 4.98 Å². The standard InChI is InChI=1S/C23H31N7O2/c1-23(2,3)29(22(31)32)13-18-15-5-6-16(18)12-28(11-15)21-20-7-8-24-30(20)14-19(26-21)17-9-25-27(4)10-17/h7-10,14-16,18H,5-6,11-13H2,1-4H3,(H,31,32)/t15-,16+,18?. The summed E-state index contributed by atoms with van der Waals surface area (Å²) in [5.74, 6) is 2.27. The Morgan fingerprint density at radius 1 is 1.19 bits per heavy atom. The second kappa shape index (κ2) is 7.50. The maximum atomic E-state index is 11.9. The Balaban J connectivity index is 1.44. The molecular formula is C23H31N7O2. The first kappa shape index (κ1) is 20.8. The molecule has 1 unspecified atom stereocenters. The maximum absolute atomic E-state index is 11.9. The lowest BCUT2D eigenvalue weighted by molar-refractivity contribution is 0.0729. The molecule has 1 amide bonds. The van der Waals surface area contributed by atoms with Crippen LogP contribution < -0.4 is 4.90 Å². The lowest BCUT2D eigenvalue weighted by Gasteiger charge is -2.43. The smallest absolute Gasteiger partial charge is 0.407 e. The number of aromatic nitrogens is 5. The predicted octanol–water partition coefficient (Wildman–Crippen LogP) is 3.37. The second-order valence-corrected chi connectivity index (χ2v) is 10.2. The van der Waals surface area contributed by atoms with Gasteiger partial charge in [0, 0.05) is 44.0 Å². The fourth-order valence-corrected chi connectivity index (χ4v) is 5.49. The van der Waals surface area contributed by atoms with Crippen LogP contribution in [0.15, 0.2) is 30.9 Å². The quantitative estimate of drug-likeness (QED) is 0.673. The maximum Gasteiger partial charge on any atom is 0.407 e. The van der Waals surface area contributed by atoms with E-state index in [1.54, 1.807) is 9.58 Å². The summed E-state index contributed by atoms with van der Waals surface area (Å²) in [6.45, 7) is 8.31. The summed E-state index contributed by atoms with van der Waals surface area (Å²) in [4.78, 5) is 21.0. The summed E-state index contributed by atoms with van der Waals surface area (Å²) in [6, 6.07) is 2.01. The monoisotopic (exact) mass is 437 g/mol. The normalized spacial score (nSPS) is 23.1. The summed E-state index contributed by atoms with van der Waals surface area (Å²) in [6.07, 6.45) is 9.00. The number of rotatable bonds is 4. The molecule has 9 nitrogen and oxygen atoms in total. The van der Waals surface area contributed by atoms with Crippen molar-refractivity contribution in [1.29, 1.82) is 0 Å². The lowest BCUT2D eigenvalue weighted by atomic mass is 9.83. The summed E-state index contributed by atoms with van der Waals surface area (Å²) < 4.78 is 3.67. The fraction of sp³-hybridized carbons (Fsp3) is 0.565. The highest BCUT2D eigenvalue weighted by atomic mass is 16.4. The molecular weight excluding hydrogens is 406 g/mol. The van der Waals surface area contributed by atoms with Crippen LogP contribution in [0.25, 0.3) is 16.8 Å². The van der Waals surface area contributed by atoms with Gasteiger partial charge in [-0.25, -0.2) is 14.3 Å². The van der Waals surface area contributed by atoms with Crippen LogP contribution >= 0.6 is 0 Å². The summed E-state index contributed by atoms with van der Waals surface area (Å²) >= 11 is 0. The molecule has 1 aliphatic carbocycles. The number of carboxylic acid groups (broad SMARTS) is 1. The van der Waals surface area contributed by atoms with Gasteiger partial charge >= 0.3 is 6.09 Å². The van der Waals surface area contributed by atoms with Gasteiger partial charge in [0.05, 0.1) is 24.3 Å². The third-order valence-electron chi connectivity index (χ3n) is 7.13. The molecule has 32 heavy (non-hydrogen) atoms. The van der Waals surface area contributed by atoms with Crippen molar-refractivity contribution in [3.63, 3.8) is 0 Å². The minimum atomic E-state index is -0.828. The zero-order valence-corrected chi connectivity index (χ0v) is 19.1. The van der Waals surface area contributed by atoms with E-state index in [2.05, 4.69) is 15.1 Å². The minimum absolute atomic E-state index is 0.393. The molecule has 2 fully saturated rings. The molecule has 3 aromatic rings. The number of anilines is 1. The van der Waals surface area contributed by atoms with Crippen molar-refractivity contribution in [2.45, 2.75) is 39.2 Å². The van der Waals surface area contributed by atoms with Crippen molar-refractivity contribution < 1.29 is 9.90 Å². The average Bonchev–Trinajstić information content (AvgIpc) is 3.41. The largest absolute Gasteiger partial charge is 0.465 e. The zero-order chi connectivity index (χ0) is 22.6. The molecule has 1 N–H and O–H groups in total. The van der Waals surface area contributed by atoms with Crippen LogP contribution in [-0.4, -0.2) is 65.7 Å². The Bertz CT molecular complexity index is 1130. The minimum Gasteiger partial charge on any atom is -0.465 e. The first-order chi connectivity index (χ1) is 15.2. The predicted molar refractivity (Wildman–Crippen MR) is 122 cm³/mol. The molecule has 3 aromatic heterocycles. The SMILES string of the molecule is Cn1cc(-c2cn3nccc3c(N3C[C@H]4CC[C@@H](C3)C4CN(C(=O)O)C(C)(C)C)n2)cn1.